The second-order valence-electron chi connectivity index (χ2n) is 8.11. The standard InChI is InChI=1S/C24H23FN6O3S/c25-17-2-4-19(5-3-17)31-22-15-26-13-21(20(22)14-29-31)24(32)28-12-16-1-6-23(27-11-16)35(33)30-18-7-9-34-10-8-18/h1-6,11,13-15,18,30H,7-10,12H2,(H,28,32). The lowest BCUT2D eigenvalue weighted by molar-refractivity contribution is 0.0835. The zero-order valence-corrected chi connectivity index (χ0v) is 19.5. The molecule has 1 aliphatic heterocycles. The lowest BCUT2D eigenvalue weighted by atomic mass is 10.1. The number of carbonyl (C=O) groups excluding carboxylic acids is 1. The Bertz CT molecular complexity index is 1350. The molecule has 0 spiro atoms. The Morgan fingerprint density at radius 1 is 1.09 bits per heavy atom. The van der Waals surface area contributed by atoms with E-state index in [9.17, 15) is 13.4 Å². The Hall–Kier alpha value is -3.54. The molecule has 1 atom stereocenters. The predicted molar refractivity (Wildman–Crippen MR) is 128 cm³/mol. The van der Waals surface area contributed by atoms with E-state index in [1.807, 2.05) is 0 Å². The molecule has 35 heavy (non-hydrogen) atoms. The van der Waals surface area contributed by atoms with Gasteiger partial charge >= 0.3 is 0 Å². The molecule has 0 saturated carbocycles. The Morgan fingerprint density at radius 3 is 2.63 bits per heavy atom. The van der Waals surface area contributed by atoms with Crippen molar-refractivity contribution in [3.8, 4) is 5.69 Å². The van der Waals surface area contributed by atoms with Gasteiger partial charge in [-0.3, -0.25) is 9.78 Å². The van der Waals surface area contributed by atoms with Crippen LogP contribution in [0.25, 0.3) is 16.6 Å². The molecule has 2 N–H and O–H groups in total. The van der Waals surface area contributed by atoms with Gasteiger partial charge in [0.25, 0.3) is 5.91 Å². The molecule has 0 aliphatic carbocycles. The van der Waals surface area contributed by atoms with Crippen LogP contribution in [0.5, 0.6) is 0 Å². The number of hydrogen-bond acceptors (Lipinski definition) is 6. The number of amides is 1. The van der Waals surface area contributed by atoms with Crippen molar-refractivity contribution in [1.82, 2.24) is 29.8 Å². The highest BCUT2D eigenvalue weighted by Crippen LogP contribution is 2.21. The summed E-state index contributed by atoms with van der Waals surface area (Å²) in [7, 11) is -1.40. The fourth-order valence-corrected chi connectivity index (χ4v) is 4.84. The maximum absolute atomic E-state index is 13.3. The summed E-state index contributed by atoms with van der Waals surface area (Å²) in [6.07, 6.45) is 7.93. The zero-order valence-electron chi connectivity index (χ0n) is 18.7. The van der Waals surface area contributed by atoms with E-state index in [4.69, 9.17) is 4.74 Å². The molecule has 180 valence electrons. The van der Waals surface area contributed by atoms with Gasteiger partial charge in [-0.2, -0.15) is 5.10 Å². The number of pyridine rings is 2. The third-order valence-electron chi connectivity index (χ3n) is 5.75. The SMILES string of the molecule is O=C(NCc1ccc(S(=O)NC2CCOCC2)nc1)c1cncc2c1cnn2-c1ccc(F)cc1. The first-order chi connectivity index (χ1) is 17.1. The molecule has 1 amide bonds. The van der Waals surface area contributed by atoms with E-state index >= 15 is 0 Å². The van der Waals surface area contributed by atoms with Crippen LogP contribution >= 0.6 is 0 Å². The number of benzene rings is 1. The summed E-state index contributed by atoms with van der Waals surface area (Å²) in [5.74, 6) is -0.650. The van der Waals surface area contributed by atoms with E-state index < -0.39 is 11.0 Å². The quantitative estimate of drug-likeness (QED) is 0.409. The molecule has 1 unspecified atom stereocenters. The van der Waals surface area contributed by atoms with Crippen LogP contribution in [0, 0.1) is 5.82 Å². The predicted octanol–water partition coefficient (Wildman–Crippen LogP) is 2.68. The van der Waals surface area contributed by atoms with Crippen LogP contribution in [0.3, 0.4) is 0 Å². The van der Waals surface area contributed by atoms with E-state index in [1.54, 1.807) is 47.5 Å². The zero-order chi connectivity index (χ0) is 24.2. The van der Waals surface area contributed by atoms with Crippen molar-refractivity contribution in [2.24, 2.45) is 0 Å². The van der Waals surface area contributed by atoms with Gasteiger partial charge in [0.2, 0.25) is 0 Å². The highest BCUT2D eigenvalue weighted by molar-refractivity contribution is 7.83. The van der Waals surface area contributed by atoms with Crippen molar-refractivity contribution in [2.75, 3.05) is 13.2 Å². The van der Waals surface area contributed by atoms with Crippen molar-refractivity contribution < 1.29 is 18.1 Å². The maximum atomic E-state index is 13.3. The van der Waals surface area contributed by atoms with E-state index in [2.05, 4.69) is 25.1 Å². The first-order valence-electron chi connectivity index (χ1n) is 11.1. The van der Waals surface area contributed by atoms with E-state index in [1.165, 1.54) is 18.3 Å². The summed E-state index contributed by atoms with van der Waals surface area (Å²) >= 11 is 0. The molecule has 1 fully saturated rings. The fourth-order valence-electron chi connectivity index (χ4n) is 3.84. The van der Waals surface area contributed by atoms with Gasteiger partial charge in [-0.15, -0.1) is 0 Å². The van der Waals surface area contributed by atoms with Crippen LogP contribution in [0.15, 0.2) is 66.2 Å². The van der Waals surface area contributed by atoms with Crippen LogP contribution in [-0.4, -0.2) is 49.1 Å². The number of hydrogen-bond donors (Lipinski definition) is 2. The van der Waals surface area contributed by atoms with Gasteiger partial charge in [-0.1, -0.05) is 6.07 Å². The van der Waals surface area contributed by atoms with Crippen LogP contribution in [0.4, 0.5) is 4.39 Å². The first-order valence-corrected chi connectivity index (χ1v) is 12.3. The second kappa shape index (κ2) is 10.4. The van der Waals surface area contributed by atoms with Crippen molar-refractivity contribution in [2.45, 2.75) is 30.5 Å². The van der Waals surface area contributed by atoms with Crippen molar-refractivity contribution in [3.63, 3.8) is 0 Å². The number of nitrogens with zero attached hydrogens (tertiary/aromatic N) is 4. The number of fused-ring (bicyclic) bond motifs is 1. The van der Waals surface area contributed by atoms with Crippen molar-refractivity contribution in [3.05, 3.63) is 78.1 Å². The van der Waals surface area contributed by atoms with Gasteiger partial charge in [0.1, 0.15) is 21.8 Å². The molecule has 11 heteroatoms. The Kier molecular flexibility index (Phi) is 6.89. The Balaban J connectivity index is 1.24. The molecule has 0 radical (unpaired) electrons. The highest BCUT2D eigenvalue weighted by atomic mass is 32.2. The molecule has 9 nitrogen and oxygen atoms in total. The average molecular weight is 495 g/mol. The number of rotatable bonds is 7. The van der Waals surface area contributed by atoms with Crippen LogP contribution in [-0.2, 0) is 22.3 Å². The van der Waals surface area contributed by atoms with E-state index in [0.717, 1.165) is 18.4 Å². The van der Waals surface area contributed by atoms with Crippen LogP contribution < -0.4 is 10.0 Å². The van der Waals surface area contributed by atoms with E-state index in [0.29, 0.717) is 40.4 Å². The van der Waals surface area contributed by atoms with E-state index in [-0.39, 0.29) is 24.3 Å². The summed E-state index contributed by atoms with van der Waals surface area (Å²) in [6.45, 7) is 1.57. The van der Waals surface area contributed by atoms with Gasteiger partial charge in [0.15, 0.2) is 0 Å². The molecule has 1 saturated heterocycles. The van der Waals surface area contributed by atoms with Crippen LogP contribution in [0.2, 0.25) is 0 Å². The van der Waals surface area contributed by atoms with Crippen molar-refractivity contribution in [1.29, 1.82) is 0 Å². The normalized spacial score (nSPS) is 15.2. The Labute approximate surface area is 203 Å². The topological polar surface area (TPSA) is 111 Å². The lowest BCUT2D eigenvalue weighted by Gasteiger charge is -2.22. The molecule has 5 rings (SSSR count). The van der Waals surface area contributed by atoms with Gasteiger partial charge in [0, 0.05) is 43.6 Å². The lowest BCUT2D eigenvalue weighted by Crippen LogP contribution is -2.36. The smallest absolute Gasteiger partial charge is 0.253 e. The number of ether oxygens (including phenoxy) is 1. The van der Waals surface area contributed by atoms with Gasteiger partial charge in [0.05, 0.1) is 29.2 Å². The molecular formula is C24H23FN6O3S. The highest BCUT2D eigenvalue weighted by Gasteiger charge is 2.18. The molecule has 1 aromatic carbocycles. The minimum atomic E-state index is -1.40. The molecule has 0 bridgehead atoms. The monoisotopic (exact) mass is 494 g/mol. The fraction of sp³-hybridized carbons (Fsp3) is 0.250. The number of carbonyl (C=O) groups is 1. The van der Waals surface area contributed by atoms with Crippen molar-refractivity contribution >= 4 is 27.8 Å². The second-order valence-corrected chi connectivity index (χ2v) is 9.30. The number of nitrogens with one attached hydrogen (secondary N) is 2. The number of halogens is 1. The Morgan fingerprint density at radius 2 is 1.89 bits per heavy atom. The summed E-state index contributed by atoms with van der Waals surface area (Å²) < 4.78 is 35.8. The van der Waals surface area contributed by atoms with Gasteiger partial charge in [-0.25, -0.2) is 23.0 Å². The third kappa shape index (κ3) is 5.26. The third-order valence-corrected chi connectivity index (χ3v) is 6.92. The summed E-state index contributed by atoms with van der Waals surface area (Å²) in [5, 5.41) is 8.28. The summed E-state index contributed by atoms with van der Waals surface area (Å²) in [4.78, 5) is 21.4. The average Bonchev–Trinajstić information content (AvgIpc) is 3.33. The molecule has 1 aliphatic rings. The molecule has 3 aromatic heterocycles. The number of aromatic nitrogens is 4. The first kappa shape index (κ1) is 23.2. The summed E-state index contributed by atoms with van der Waals surface area (Å²) in [5.41, 5.74) is 2.44. The summed E-state index contributed by atoms with van der Waals surface area (Å²) in [6, 6.07) is 9.55. The van der Waals surface area contributed by atoms with Crippen LogP contribution in [0.1, 0.15) is 28.8 Å². The minimum absolute atomic E-state index is 0.147. The largest absolute Gasteiger partial charge is 0.381 e. The molecule has 4 heterocycles. The maximum Gasteiger partial charge on any atom is 0.253 e. The van der Waals surface area contributed by atoms with Gasteiger partial charge < -0.3 is 10.1 Å². The minimum Gasteiger partial charge on any atom is -0.381 e. The molecule has 4 aromatic rings. The molecular weight excluding hydrogens is 471 g/mol. The van der Waals surface area contributed by atoms with Gasteiger partial charge in [-0.05, 0) is 48.7 Å².